The van der Waals surface area contributed by atoms with Crippen LogP contribution in [0.1, 0.15) is 39.4 Å². The molecule has 168 valence electrons. The fraction of sp³-hybridized carbons (Fsp3) is 0.250. The molecule has 33 heavy (non-hydrogen) atoms. The van der Waals surface area contributed by atoms with Crippen molar-refractivity contribution >= 4 is 56.1 Å². The fourth-order valence-corrected chi connectivity index (χ4v) is 5.90. The van der Waals surface area contributed by atoms with E-state index in [1.165, 1.54) is 20.8 Å². The van der Waals surface area contributed by atoms with Crippen LogP contribution >= 0.6 is 22.7 Å². The average molecular weight is 479 g/mol. The largest absolute Gasteiger partial charge is 0.326 e. The number of hydrogen-bond donors (Lipinski definition) is 2. The van der Waals surface area contributed by atoms with Gasteiger partial charge < -0.3 is 10.6 Å². The number of carbonyl (C=O) groups is 2. The highest BCUT2D eigenvalue weighted by atomic mass is 32.1. The lowest BCUT2D eigenvalue weighted by atomic mass is 9.97. The molecule has 1 aromatic carbocycles. The van der Waals surface area contributed by atoms with Gasteiger partial charge in [0.25, 0.3) is 11.5 Å². The lowest BCUT2D eigenvalue weighted by Crippen LogP contribution is -2.24. The first-order valence-electron chi connectivity index (χ1n) is 10.8. The predicted molar refractivity (Wildman–Crippen MR) is 132 cm³/mol. The Labute approximate surface area is 198 Å². The number of aryl methyl sites for hydroxylation is 3. The van der Waals surface area contributed by atoms with Gasteiger partial charge in [-0.1, -0.05) is 12.1 Å². The van der Waals surface area contributed by atoms with E-state index in [-0.39, 0.29) is 30.3 Å². The van der Waals surface area contributed by atoms with E-state index >= 15 is 0 Å². The van der Waals surface area contributed by atoms with Crippen molar-refractivity contribution in [3.8, 4) is 0 Å². The zero-order valence-corrected chi connectivity index (χ0v) is 19.4. The number of nitrogens with zero attached hydrogens (tertiary/aromatic N) is 2. The van der Waals surface area contributed by atoms with Crippen LogP contribution in [0.3, 0.4) is 0 Å². The molecule has 0 spiro atoms. The highest BCUT2D eigenvalue weighted by Crippen LogP contribution is 2.33. The third-order valence-corrected chi connectivity index (χ3v) is 7.74. The quantitative estimate of drug-likeness (QED) is 0.421. The van der Waals surface area contributed by atoms with Gasteiger partial charge >= 0.3 is 0 Å². The molecule has 0 atom stereocenters. The van der Waals surface area contributed by atoms with E-state index in [1.807, 2.05) is 11.4 Å². The molecule has 3 heterocycles. The Morgan fingerprint density at radius 1 is 1.06 bits per heavy atom. The van der Waals surface area contributed by atoms with Gasteiger partial charge in [0, 0.05) is 29.2 Å². The lowest BCUT2D eigenvalue weighted by molar-refractivity contribution is -0.116. The zero-order valence-electron chi connectivity index (χ0n) is 17.8. The van der Waals surface area contributed by atoms with E-state index in [1.54, 1.807) is 48.0 Å². The summed E-state index contributed by atoms with van der Waals surface area (Å²) in [7, 11) is 0. The van der Waals surface area contributed by atoms with Crippen molar-refractivity contribution in [2.45, 2.75) is 38.6 Å². The van der Waals surface area contributed by atoms with Crippen LogP contribution < -0.4 is 16.2 Å². The zero-order chi connectivity index (χ0) is 22.8. The van der Waals surface area contributed by atoms with Crippen LogP contribution in [0.5, 0.6) is 0 Å². The Morgan fingerprint density at radius 2 is 1.88 bits per heavy atom. The molecule has 4 aromatic rings. The second-order valence-electron chi connectivity index (χ2n) is 7.94. The molecule has 0 bridgehead atoms. The van der Waals surface area contributed by atoms with Crippen LogP contribution in [0, 0.1) is 0 Å². The molecule has 2 N–H and O–H groups in total. The number of anilines is 2. The van der Waals surface area contributed by atoms with E-state index in [4.69, 9.17) is 0 Å². The van der Waals surface area contributed by atoms with Gasteiger partial charge in [0.1, 0.15) is 4.83 Å². The van der Waals surface area contributed by atoms with Crippen LogP contribution in [0.15, 0.2) is 52.9 Å². The first kappa shape index (κ1) is 21.5. The summed E-state index contributed by atoms with van der Waals surface area (Å²) in [6.07, 6.45) is 5.89. The molecule has 1 aliphatic rings. The smallest absolute Gasteiger partial charge is 0.265 e. The predicted octanol–water partition coefficient (Wildman–Crippen LogP) is 4.68. The normalized spacial score (nSPS) is 13.0. The second-order valence-corrected chi connectivity index (χ2v) is 9.98. The van der Waals surface area contributed by atoms with Crippen molar-refractivity contribution in [2.24, 2.45) is 0 Å². The maximum Gasteiger partial charge on any atom is 0.265 e. The minimum absolute atomic E-state index is 0.0644. The van der Waals surface area contributed by atoms with Crippen LogP contribution in [-0.2, 0) is 24.2 Å². The summed E-state index contributed by atoms with van der Waals surface area (Å²) >= 11 is 2.99. The van der Waals surface area contributed by atoms with Gasteiger partial charge in [-0.2, -0.15) is 0 Å². The van der Waals surface area contributed by atoms with E-state index in [2.05, 4.69) is 15.6 Å². The third-order valence-electron chi connectivity index (χ3n) is 5.67. The van der Waals surface area contributed by atoms with Gasteiger partial charge in [-0.25, -0.2) is 4.98 Å². The molecule has 0 unspecified atom stereocenters. The lowest BCUT2D eigenvalue weighted by Gasteiger charge is -2.11. The molecule has 3 aromatic heterocycles. The number of aromatic nitrogens is 2. The van der Waals surface area contributed by atoms with Gasteiger partial charge in [0.2, 0.25) is 5.91 Å². The Morgan fingerprint density at radius 3 is 2.70 bits per heavy atom. The highest BCUT2D eigenvalue weighted by Gasteiger charge is 2.20. The highest BCUT2D eigenvalue weighted by molar-refractivity contribution is 7.18. The molecular formula is C24H22N4O3S2. The number of hydrogen-bond acceptors (Lipinski definition) is 6. The number of benzene rings is 1. The van der Waals surface area contributed by atoms with E-state index in [0.717, 1.165) is 41.5 Å². The van der Waals surface area contributed by atoms with Gasteiger partial charge in [-0.05, 0) is 60.9 Å². The summed E-state index contributed by atoms with van der Waals surface area (Å²) in [6.45, 7) is 0.257. The average Bonchev–Trinajstić information content (AvgIpc) is 3.47. The van der Waals surface area contributed by atoms with Crippen molar-refractivity contribution < 1.29 is 9.59 Å². The van der Waals surface area contributed by atoms with Gasteiger partial charge in [-0.15, -0.1) is 22.7 Å². The van der Waals surface area contributed by atoms with Crippen molar-refractivity contribution in [1.82, 2.24) is 9.55 Å². The van der Waals surface area contributed by atoms with Crippen LogP contribution in [-0.4, -0.2) is 21.4 Å². The molecular weight excluding hydrogens is 456 g/mol. The van der Waals surface area contributed by atoms with Crippen molar-refractivity contribution in [1.29, 1.82) is 0 Å². The molecule has 0 saturated heterocycles. The molecule has 0 fully saturated rings. The van der Waals surface area contributed by atoms with E-state index < -0.39 is 0 Å². The molecule has 9 heteroatoms. The summed E-state index contributed by atoms with van der Waals surface area (Å²) in [5.74, 6) is -0.401. The summed E-state index contributed by atoms with van der Waals surface area (Å²) in [5, 5.41) is 8.24. The van der Waals surface area contributed by atoms with Crippen molar-refractivity contribution in [3.63, 3.8) is 0 Å². The van der Waals surface area contributed by atoms with E-state index in [0.29, 0.717) is 16.3 Å². The van der Waals surface area contributed by atoms with Crippen molar-refractivity contribution in [2.75, 3.05) is 10.6 Å². The summed E-state index contributed by atoms with van der Waals surface area (Å²) < 4.78 is 1.53. The van der Waals surface area contributed by atoms with E-state index in [9.17, 15) is 14.4 Å². The number of rotatable bonds is 6. The minimum Gasteiger partial charge on any atom is -0.326 e. The van der Waals surface area contributed by atoms with Crippen LogP contribution in [0.4, 0.5) is 11.4 Å². The monoisotopic (exact) mass is 478 g/mol. The topological polar surface area (TPSA) is 93.1 Å². The summed E-state index contributed by atoms with van der Waals surface area (Å²) in [6, 6.07) is 10.6. The molecule has 0 aliphatic heterocycles. The first-order valence-corrected chi connectivity index (χ1v) is 12.5. The molecule has 2 amide bonds. The minimum atomic E-state index is -0.212. The number of amides is 2. The van der Waals surface area contributed by atoms with Gasteiger partial charge in [0.15, 0.2) is 0 Å². The maximum absolute atomic E-state index is 13.0. The number of thiophene rings is 2. The summed E-state index contributed by atoms with van der Waals surface area (Å²) in [5.41, 5.74) is 2.26. The van der Waals surface area contributed by atoms with Crippen LogP contribution in [0.25, 0.3) is 10.2 Å². The van der Waals surface area contributed by atoms with Gasteiger partial charge in [0.05, 0.1) is 16.6 Å². The Hall–Kier alpha value is -3.30. The molecule has 1 aliphatic carbocycles. The molecule has 0 radical (unpaired) electrons. The third kappa shape index (κ3) is 4.60. The Kier molecular flexibility index (Phi) is 6.06. The number of fused-ring (bicyclic) bond motifs is 3. The van der Waals surface area contributed by atoms with Crippen LogP contribution in [0.2, 0.25) is 0 Å². The summed E-state index contributed by atoms with van der Waals surface area (Å²) in [4.78, 5) is 45.0. The Bertz CT molecular complexity index is 1390. The SMILES string of the molecule is O=C(CCn1cnc2sc3c(c2c1=O)CCCC3)Nc1cccc(NC(=O)c2cccs2)c1. The van der Waals surface area contributed by atoms with Crippen molar-refractivity contribution in [3.05, 3.63) is 73.8 Å². The molecule has 7 nitrogen and oxygen atoms in total. The standard InChI is InChI=1S/C24H22N4O3S2/c29-20(26-15-5-3-6-16(13-15)27-22(30)19-9-4-12-32-19)10-11-28-14-25-23-21(24(28)31)17-7-1-2-8-18(17)33-23/h3-6,9,12-14H,1-2,7-8,10-11H2,(H,26,29)(H,27,30). The molecule has 5 rings (SSSR count). The second kappa shape index (κ2) is 9.29. The number of nitrogens with one attached hydrogen (secondary N) is 2. The fourth-order valence-electron chi connectivity index (χ4n) is 4.06. The van der Waals surface area contributed by atoms with Gasteiger partial charge in [-0.3, -0.25) is 19.0 Å². The number of carbonyl (C=O) groups excluding carboxylic acids is 2. The maximum atomic E-state index is 13.0. The Balaban J connectivity index is 1.24. The molecule has 0 saturated carbocycles. The first-order chi connectivity index (χ1) is 16.1.